The lowest BCUT2D eigenvalue weighted by Gasteiger charge is -1.89. The first-order valence-electron chi connectivity index (χ1n) is 4.12. The van der Waals surface area contributed by atoms with Crippen LogP contribution in [-0.4, -0.2) is 21.5 Å². The average molecular weight is 185 g/mol. The zero-order valence-electron chi connectivity index (χ0n) is 7.32. The van der Waals surface area contributed by atoms with Gasteiger partial charge >= 0.3 is 0 Å². The number of carbonyl (C=O) groups excluding carboxylic acids is 1. The van der Waals surface area contributed by atoms with Gasteiger partial charge in [-0.1, -0.05) is 11.8 Å². The summed E-state index contributed by atoms with van der Waals surface area (Å²) in [6.45, 7) is 0. The van der Waals surface area contributed by atoms with Crippen LogP contribution in [0.25, 0.3) is 11.0 Å². The van der Waals surface area contributed by atoms with Gasteiger partial charge in [-0.2, -0.15) is 5.10 Å². The van der Waals surface area contributed by atoms with Gasteiger partial charge in [-0.25, -0.2) is 0 Å². The molecule has 1 N–H and O–H groups in total. The van der Waals surface area contributed by atoms with Gasteiger partial charge in [0.05, 0.1) is 18.1 Å². The molecule has 4 nitrogen and oxygen atoms in total. The van der Waals surface area contributed by atoms with Gasteiger partial charge in [0, 0.05) is 11.8 Å². The van der Waals surface area contributed by atoms with Crippen molar-refractivity contribution in [3.8, 4) is 11.8 Å². The Labute approximate surface area is 80.4 Å². The Morgan fingerprint density at radius 3 is 3.29 bits per heavy atom. The molecule has 0 aliphatic heterocycles. The lowest BCUT2D eigenvalue weighted by atomic mass is 10.2. The quantitative estimate of drug-likeness (QED) is 0.530. The van der Waals surface area contributed by atoms with Gasteiger partial charge in [0.1, 0.15) is 11.8 Å². The molecule has 2 aromatic rings. The highest BCUT2D eigenvalue weighted by molar-refractivity contribution is 5.74. The number of rotatable bonds is 1. The number of carbonyl (C=O) groups is 1. The predicted octanol–water partition coefficient (Wildman–Crippen LogP) is 0.898. The van der Waals surface area contributed by atoms with Gasteiger partial charge in [0.15, 0.2) is 0 Å². The van der Waals surface area contributed by atoms with Crippen LogP contribution in [0, 0.1) is 11.8 Å². The molecule has 0 spiro atoms. The first-order valence-corrected chi connectivity index (χ1v) is 4.12. The number of aromatic amines is 1. The van der Waals surface area contributed by atoms with E-state index in [1.54, 1.807) is 12.4 Å². The van der Waals surface area contributed by atoms with Crippen LogP contribution in [0.2, 0.25) is 0 Å². The van der Waals surface area contributed by atoms with Crippen LogP contribution in [-0.2, 0) is 4.79 Å². The van der Waals surface area contributed by atoms with Crippen molar-refractivity contribution in [3.63, 3.8) is 0 Å². The molecule has 0 unspecified atom stereocenters. The van der Waals surface area contributed by atoms with Crippen LogP contribution in [0.4, 0.5) is 0 Å². The molecule has 0 saturated heterocycles. The Kier molecular flexibility index (Phi) is 2.24. The van der Waals surface area contributed by atoms with Crippen molar-refractivity contribution in [3.05, 3.63) is 24.0 Å². The van der Waals surface area contributed by atoms with Crippen molar-refractivity contribution in [2.75, 3.05) is 0 Å². The maximum Gasteiger partial charge on any atom is 0.131 e. The Balaban J connectivity index is 2.35. The molecule has 2 aromatic heterocycles. The Morgan fingerprint density at radius 1 is 1.50 bits per heavy atom. The van der Waals surface area contributed by atoms with E-state index in [2.05, 4.69) is 27.0 Å². The number of fused-ring (bicyclic) bond motifs is 1. The summed E-state index contributed by atoms with van der Waals surface area (Å²) < 4.78 is 0. The maximum absolute atomic E-state index is 10.0. The molecular formula is C10H7N3O. The molecule has 2 heterocycles. The highest BCUT2D eigenvalue weighted by Gasteiger charge is 1.96. The second-order valence-electron chi connectivity index (χ2n) is 2.70. The minimum absolute atomic E-state index is 0.251. The number of hydrogen-bond donors (Lipinski definition) is 1. The predicted molar refractivity (Wildman–Crippen MR) is 51.4 cm³/mol. The number of pyridine rings is 1. The molecule has 0 fully saturated rings. The lowest BCUT2D eigenvalue weighted by Crippen LogP contribution is -1.79. The van der Waals surface area contributed by atoms with Gasteiger partial charge in [-0.05, 0) is 6.07 Å². The summed E-state index contributed by atoms with van der Waals surface area (Å²) >= 11 is 0. The largest absolute Gasteiger partial charge is 0.302 e. The highest BCUT2D eigenvalue weighted by Crippen LogP contribution is 2.07. The minimum atomic E-state index is 0.251. The summed E-state index contributed by atoms with van der Waals surface area (Å²) in [5.41, 5.74) is 2.44. The summed E-state index contributed by atoms with van der Waals surface area (Å²) in [7, 11) is 0. The number of aldehydes is 1. The van der Waals surface area contributed by atoms with Crippen LogP contribution < -0.4 is 0 Å². The number of nitrogens with one attached hydrogen (secondary N) is 1. The SMILES string of the molecule is O=CCC#Cc1cnc2cn[nH]c2c1. The lowest BCUT2D eigenvalue weighted by molar-refractivity contribution is -0.107. The van der Waals surface area contributed by atoms with E-state index in [0.717, 1.165) is 22.9 Å². The molecule has 0 aromatic carbocycles. The van der Waals surface area contributed by atoms with Crippen molar-refractivity contribution in [2.45, 2.75) is 6.42 Å². The Hall–Kier alpha value is -2.15. The molecule has 14 heavy (non-hydrogen) atoms. The van der Waals surface area contributed by atoms with E-state index in [4.69, 9.17) is 0 Å². The van der Waals surface area contributed by atoms with Crippen LogP contribution in [0.1, 0.15) is 12.0 Å². The molecular weight excluding hydrogens is 178 g/mol. The van der Waals surface area contributed by atoms with E-state index in [-0.39, 0.29) is 6.42 Å². The number of hydrogen-bond acceptors (Lipinski definition) is 3. The van der Waals surface area contributed by atoms with E-state index >= 15 is 0 Å². The van der Waals surface area contributed by atoms with E-state index in [1.807, 2.05) is 6.07 Å². The third kappa shape index (κ3) is 1.62. The van der Waals surface area contributed by atoms with E-state index in [1.165, 1.54) is 0 Å². The third-order valence-corrected chi connectivity index (χ3v) is 1.71. The van der Waals surface area contributed by atoms with Gasteiger partial charge in [0.25, 0.3) is 0 Å². The monoisotopic (exact) mass is 185 g/mol. The summed E-state index contributed by atoms with van der Waals surface area (Å²) in [6.07, 6.45) is 4.34. The molecule has 0 radical (unpaired) electrons. The average Bonchev–Trinajstić information content (AvgIpc) is 2.65. The van der Waals surface area contributed by atoms with Gasteiger partial charge in [-0.3, -0.25) is 10.1 Å². The first-order chi connectivity index (χ1) is 6.90. The van der Waals surface area contributed by atoms with Crippen molar-refractivity contribution >= 4 is 17.3 Å². The Bertz CT molecular complexity index is 519. The zero-order chi connectivity index (χ0) is 9.80. The van der Waals surface area contributed by atoms with Crippen molar-refractivity contribution in [1.82, 2.24) is 15.2 Å². The van der Waals surface area contributed by atoms with E-state index in [9.17, 15) is 4.79 Å². The van der Waals surface area contributed by atoms with Crippen LogP contribution in [0.5, 0.6) is 0 Å². The highest BCUT2D eigenvalue weighted by atomic mass is 16.1. The Morgan fingerprint density at radius 2 is 2.43 bits per heavy atom. The normalized spacial score (nSPS) is 9.43. The number of aromatic nitrogens is 3. The maximum atomic E-state index is 10.0. The fraction of sp³-hybridized carbons (Fsp3) is 0.100. The third-order valence-electron chi connectivity index (χ3n) is 1.71. The van der Waals surface area contributed by atoms with Crippen LogP contribution in [0.15, 0.2) is 18.5 Å². The van der Waals surface area contributed by atoms with Gasteiger partial charge in [-0.15, -0.1) is 0 Å². The topological polar surface area (TPSA) is 58.6 Å². The smallest absolute Gasteiger partial charge is 0.131 e. The molecule has 2 rings (SSSR count). The standard InChI is InChI=1S/C10H7N3O/c14-4-2-1-3-8-5-9-10(11-6-8)7-12-13-9/h4-7H,2H2,(H,12,13). The summed E-state index contributed by atoms with van der Waals surface area (Å²) in [4.78, 5) is 14.2. The molecule has 0 amide bonds. The minimum Gasteiger partial charge on any atom is -0.302 e. The van der Waals surface area contributed by atoms with Crippen molar-refractivity contribution < 1.29 is 4.79 Å². The molecule has 0 atom stereocenters. The van der Waals surface area contributed by atoms with E-state index in [0.29, 0.717) is 0 Å². The number of H-pyrrole nitrogens is 1. The summed E-state index contributed by atoms with van der Waals surface area (Å²) in [6, 6.07) is 1.85. The molecule has 0 saturated carbocycles. The molecule has 4 heteroatoms. The number of nitrogens with zero attached hydrogens (tertiary/aromatic N) is 2. The molecule has 0 aliphatic rings. The second-order valence-corrected chi connectivity index (χ2v) is 2.70. The van der Waals surface area contributed by atoms with Crippen LogP contribution >= 0.6 is 0 Å². The fourth-order valence-electron chi connectivity index (χ4n) is 1.09. The summed E-state index contributed by atoms with van der Waals surface area (Å²) in [5, 5.41) is 6.65. The fourth-order valence-corrected chi connectivity index (χ4v) is 1.09. The van der Waals surface area contributed by atoms with Crippen molar-refractivity contribution in [1.29, 1.82) is 0 Å². The van der Waals surface area contributed by atoms with Crippen LogP contribution in [0.3, 0.4) is 0 Å². The van der Waals surface area contributed by atoms with Gasteiger partial charge < -0.3 is 4.79 Å². The molecule has 0 aliphatic carbocycles. The van der Waals surface area contributed by atoms with Gasteiger partial charge in [0.2, 0.25) is 0 Å². The van der Waals surface area contributed by atoms with E-state index < -0.39 is 0 Å². The second kappa shape index (κ2) is 3.71. The molecule has 0 bridgehead atoms. The summed E-state index contributed by atoms with van der Waals surface area (Å²) in [5.74, 6) is 5.55. The van der Waals surface area contributed by atoms with Crippen molar-refractivity contribution in [2.24, 2.45) is 0 Å². The zero-order valence-corrected chi connectivity index (χ0v) is 7.32. The molecule has 68 valence electrons. The first kappa shape index (κ1) is 8.45.